The smallest absolute Gasteiger partial charge is 0.146 e. The lowest BCUT2D eigenvalue weighted by Crippen LogP contribution is -2.04. The van der Waals surface area contributed by atoms with E-state index in [4.69, 9.17) is 9.15 Å². The Morgan fingerprint density at radius 1 is 1.20 bits per heavy atom. The van der Waals surface area contributed by atoms with Crippen LogP contribution in [0.15, 0.2) is 28.7 Å². The summed E-state index contributed by atoms with van der Waals surface area (Å²) < 4.78 is 11.6. The molecule has 1 N–H and O–H groups in total. The maximum atomic E-state index is 5.85. The van der Waals surface area contributed by atoms with Gasteiger partial charge in [0.2, 0.25) is 0 Å². The molecule has 1 aromatic carbocycles. The molecule has 0 radical (unpaired) electrons. The first-order valence-corrected chi connectivity index (χ1v) is 7.23. The summed E-state index contributed by atoms with van der Waals surface area (Å²) in [6.07, 6.45) is 3.66. The standard InChI is InChI=1S/C17H21NO2/c1-12-8-16(20-17(12)10-18-2)11-19-15-7-6-13-4-3-5-14(13)9-15/h6-9,18H,3-5,10-11H2,1-2H3. The summed E-state index contributed by atoms with van der Waals surface area (Å²) in [5.74, 6) is 2.81. The molecule has 1 heterocycles. The van der Waals surface area contributed by atoms with Crippen molar-refractivity contribution in [3.05, 3.63) is 52.5 Å². The molecule has 3 nitrogen and oxygen atoms in total. The van der Waals surface area contributed by atoms with Crippen LogP contribution in [0.2, 0.25) is 0 Å². The third kappa shape index (κ3) is 2.73. The first-order valence-electron chi connectivity index (χ1n) is 7.23. The van der Waals surface area contributed by atoms with Crippen LogP contribution < -0.4 is 10.1 Å². The quantitative estimate of drug-likeness (QED) is 0.905. The van der Waals surface area contributed by atoms with E-state index in [1.165, 1.54) is 36.0 Å². The molecule has 0 aliphatic heterocycles. The van der Waals surface area contributed by atoms with Gasteiger partial charge < -0.3 is 14.5 Å². The SMILES string of the molecule is CNCc1oc(COc2ccc3c(c2)CCC3)cc1C. The van der Waals surface area contributed by atoms with Crippen molar-refractivity contribution in [2.45, 2.75) is 39.3 Å². The zero-order chi connectivity index (χ0) is 13.9. The molecule has 0 bridgehead atoms. The van der Waals surface area contributed by atoms with E-state index in [0.717, 1.165) is 23.8 Å². The summed E-state index contributed by atoms with van der Waals surface area (Å²) in [6, 6.07) is 8.48. The second kappa shape index (κ2) is 5.71. The fraction of sp³-hybridized carbons (Fsp3) is 0.412. The van der Waals surface area contributed by atoms with Crippen molar-refractivity contribution in [3.63, 3.8) is 0 Å². The number of benzene rings is 1. The van der Waals surface area contributed by atoms with Gasteiger partial charge in [0.1, 0.15) is 23.9 Å². The van der Waals surface area contributed by atoms with E-state index in [0.29, 0.717) is 6.61 Å². The number of ether oxygens (including phenoxy) is 1. The summed E-state index contributed by atoms with van der Waals surface area (Å²) in [6.45, 7) is 3.31. The second-order valence-electron chi connectivity index (χ2n) is 5.42. The molecule has 0 saturated heterocycles. The molecule has 3 rings (SSSR count). The Labute approximate surface area is 119 Å². The maximum absolute atomic E-state index is 5.85. The Bertz CT molecular complexity index is 601. The van der Waals surface area contributed by atoms with Crippen LogP contribution in [0.25, 0.3) is 0 Å². The molecule has 1 aliphatic rings. The number of rotatable bonds is 5. The monoisotopic (exact) mass is 271 g/mol. The lowest BCUT2D eigenvalue weighted by molar-refractivity contribution is 0.265. The molecular weight excluding hydrogens is 250 g/mol. The van der Waals surface area contributed by atoms with E-state index in [1.807, 2.05) is 7.05 Å². The van der Waals surface area contributed by atoms with Crippen molar-refractivity contribution in [1.29, 1.82) is 0 Å². The predicted molar refractivity (Wildman–Crippen MR) is 79.0 cm³/mol. The third-order valence-corrected chi connectivity index (χ3v) is 3.86. The molecule has 0 amide bonds. The highest BCUT2D eigenvalue weighted by Crippen LogP contribution is 2.26. The van der Waals surface area contributed by atoms with E-state index in [9.17, 15) is 0 Å². The molecule has 2 aromatic rings. The summed E-state index contributed by atoms with van der Waals surface area (Å²) in [5.41, 5.74) is 4.09. The summed E-state index contributed by atoms with van der Waals surface area (Å²) in [5, 5.41) is 3.11. The van der Waals surface area contributed by atoms with Gasteiger partial charge in [0.05, 0.1) is 6.54 Å². The molecule has 1 aliphatic carbocycles. The average Bonchev–Trinajstić information content (AvgIpc) is 3.03. The van der Waals surface area contributed by atoms with Crippen molar-refractivity contribution < 1.29 is 9.15 Å². The van der Waals surface area contributed by atoms with Gasteiger partial charge in [-0.3, -0.25) is 0 Å². The number of furan rings is 1. The van der Waals surface area contributed by atoms with E-state index in [2.05, 4.69) is 36.5 Å². The molecule has 0 saturated carbocycles. The molecule has 1 aromatic heterocycles. The van der Waals surface area contributed by atoms with Crippen LogP contribution in [-0.2, 0) is 26.0 Å². The Balaban J connectivity index is 1.66. The van der Waals surface area contributed by atoms with Gasteiger partial charge in [0, 0.05) is 0 Å². The Morgan fingerprint density at radius 2 is 2.05 bits per heavy atom. The van der Waals surface area contributed by atoms with Gasteiger partial charge in [-0.2, -0.15) is 0 Å². The van der Waals surface area contributed by atoms with Crippen LogP contribution in [0.5, 0.6) is 5.75 Å². The number of aryl methyl sites for hydroxylation is 3. The average molecular weight is 271 g/mol. The van der Waals surface area contributed by atoms with Gasteiger partial charge in [-0.25, -0.2) is 0 Å². The molecule has 0 spiro atoms. The zero-order valence-corrected chi connectivity index (χ0v) is 12.2. The molecule has 0 unspecified atom stereocenters. The normalized spacial score (nSPS) is 13.5. The molecule has 20 heavy (non-hydrogen) atoms. The highest BCUT2D eigenvalue weighted by atomic mass is 16.5. The second-order valence-corrected chi connectivity index (χ2v) is 5.42. The number of hydrogen-bond acceptors (Lipinski definition) is 3. The van der Waals surface area contributed by atoms with Crippen molar-refractivity contribution in [2.24, 2.45) is 0 Å². The Hall–Kier alpha value is -1.74. The Kier molecular flexibility index (Phi) is 3.79. The van der Waals surface area contributed by atoms with Crippen LogP contribution in [-0.4, -0.2) is 7.05 Å². The van der Waals surface area contributed by atoms with Crippen LogP contribution in [0.4, 0.5) is 0 Å². The van der Waals surface area contributed by atoms with Gasteiger partial charge in [0.15, 0.2) is 0 Å². The number of nitrogens with one attached hydrogen (secondary N) is 1. The first kappa shape index (κ1) is 13.3. The minimum atomic E-state index is 0.489. The van der Waals surface area contributed by atoms with Crippen LogP contribution in [0, 0.1) is 6.92 Å². The highest BCUT2D eigenvalue weighted by molar-refractivity contribution is 5.38. The fourth-order valence-corrected chi connectivity index (χ4v) is 2.79. The van der Waals surface area contributed by atoms with Crippen molar-refractivity contribution in [2.75, 3.05) is 7.05 Å². The van der Waals surface area contributed by atoms with Crippen LogP contribution in [0.1, 0.15) is 34.6 Å². The fourth-order valence-electron chi connectivity index (χ4n) is 2.79. The summed E-state index contributed by atoms with van der Waals surface area (Å²) in [4.78, 5) is 0. The molecule has 0 atom stereocenters. The van der Waals surface area contributed by atoms with E-state index >= 15 is 0 Å². The zero-order valence-electron chi connectivity index (χ0n) is 12.2. The minimum Gasteiger partial charge on any atom is -0.486 e. The third-order valence-electron chi connectivity index (χ3n) is 3.86. The van der Waals surface area contributed by atoms with Gasteiger partial charge in [-0.05, 0) is 68.1 Å². The largest absolute Gasteiger partial charge is 0.486 e. The summed E-state index contributed by atoms with van der Waals surface area (Å²) >= 11 is 0. The van der Waals surface area contributed by atoms with Crippen LogP contribution >= 0.6 is 0 Å². The van der Waals surface area contributed by atoms with Gasteiger partial charge >= 0.3 is 0 Å². The number of hydrogen-bond donors (Lipinski definition) is 1. The van der Waals surface area contributed by atoms with E-state index in [1.54, 1.807) is 0 Å². The number of fused-ring (bicyclic) bond motifs is 1. The van der Waals surface area contributed by atoms with Gasteiger partial charge in [-0.15, -0.1) is 0 Å². The lowest BCUT2D eigenvalue weighted by atomic mass is 10.1. The Morgan fingerprint density at radius 3 is 2.90 bits per heavy atom. The summed E-state index contributed by atoms with van der Waals surface area (Å²) in [7, 11) is 1.92. The van der Waals surface area contributed by atoms with E-state index < -0.39 is 0 Å². The highest BCUT2D eigenvalue weighted by Gasteiger charge is 2.12. The van der Waals surface area contributed by atoms with Gasteiger partial charge in [0.25, 0.3) is 0 Å². The van der Waals surface area contributed by atoms with Gasteiger partial charge in [-0.1, -0.05) is 6.07 Å². The first-order chi connectivity index (χ1) is 9.76. The predicted octanol–water partition coefficient (Wildman–Crippen LogP) is 3.38. The topological polar surface area (TPSA) is 34.4 Å². The van der Waals surface area contributed by atoms with Crippen LogP contribution in [0.3, 0.4) is 0 Å². The van der Waals surface area contributed by atoms with Crippen molar-refractivity contribution in [1.82, 2.24) is 5.32 Å². The van der Waals surface area contributed by atoms with E-state index in [-0.39, 0.29) is 0 Å². The minimum absolute atomic E-state index is 0.489. The van der Waals surface area contributed by atoms with Crippen molar-refractivity contribution >= 4 is 0 Å². The maximum Gasteiger partial charge on any atom is 0.146 e. The molecular formula is C17H21NO2. The van der Waals surface area contributed by atoms with Crippen molar-refractivity contribution in [3.8, 4) is 5.75 Å². The lowest BCUT2D eigenvalue weighted by Gasteiger charge is -2.06. The molecule has 0 fully saturated rings. The molecule has 3 heteroatoms. The molecule has 106 valence electrons.